The first kappa shape index (κ1) is 13.3. The van der Waals surface area contributed by atoms with Gasteiger partial charge in [-0.05, 0) is 18.2 Å². The van der Waals surface area contributed by atoms with Gasteiger partial charge in [0.25, 0.3) is 0 Å². The Bertz CT molecular complexity index is 700. The summed E-state index contributed by atoms with van der Waals surface area (Å²) in [4.78, 5) is 29.3. The van der Waals surface area contributed by atoms with Gasteiger partial charge in [0, 0.05) is 18.7 Å². The number of carbonyl (C=O) groups is 2. The molecule has 1 aliphatic rings. The van der Waals surface area contributed by atoms with Gasteiger partial charge in [0.2, 0.25) is 5.91 Å². The summed E-state index contributed by atoms with van der Waals surface area (Å²) in [5, 5.41) is 0. The van der Waals surface area contributed by atoms with Crippen LogP contribution in [0.25, 0.3) is 10.2 Å². The van der Waals surface area contributed by atoms with Crippen LogP contribution in [0.1, 0.15) is 6.42 Å². The van der Waals surface area contributed by atoms with Gasteiger partial charge < -0.3 is 9.64 Å². The molecular formula is C13H11ClN2O3S. The Labute approximate surface area is 124 Å². The number of halogens is 1. The van der Waals surface area contributed by atoms with Crippen LogP contribution in [0.5, 0.6) is 0 Å². The maximum absolute atomic E-state index is 12.0. The number of fused-ring (bicyclic) bond motifs is 1. The van der Waals surface area contributed by atoms with Gasteiger partial charge in [-0.25, -0.2) is 4.98 Å². The van der Waals surface area contributed by atoms with Crippen LogP contribution in [0.3, 0.4) is 0 Å². The number of aromatic nitrogens is 1. The second-order valence-electron chi connectivity index (χ2n) is 4.55. The number of methoxy groups -OCH3 is 1. The molecule has 3 rings (SSSR count). The predicted octanol–water partition coefficient (Wildman–Crippen LogP) is 2.48. The van der Waals surface area contributed by atoms with Gasteiger partial charge in [0.15, 0.2) is 4.47 Å². The number of hydrogen-bond donors (Lipinski definition) is 0. The van der Waals surface area contributed by atoms with E-state index >= 15 is 0 Å². The zero-order valence-corrected chi connectivity index (χ0v) is 12.2. The van der Waals surface area contributed by atoms with Crippen LogP contribution >= 0.6 is 22.9 Å². The number of hydrogen-bond acceptors (Lipinski definition) is 5. The first-order chi connectivity index (χ1) is 9.58. The van der Waals surface area contributed by atoms with E-state index in [1.807, 2.05) is 18.2 Å². The van der Waals surface area contributed by atoms with Gasteiger partial charge in [0.1, 0.15) is 0 Å². The summed E-state index contributed by atoms with van der Waals surface area (Å²) in [5.41, 5.74) is 1.56. The molecule has 1 fully saturated rings. The number of rotatable bonds is 2. The number of amides is 1. The standard InChI is InChI=1S/C13H11ClN2O3S/c1-19-12(18)7-4-11(17)16(6-7)8-2-3-9-10(5-8)20-13(14)15-9/h2-3,5,7H,4,6H2,1H3. The molecule has 2 aromatic rings. The zero-order chi connectivity index (χ0) is 14.3. The smallest absolute Gasteiger partial charge is 0.311 e. The minimum Gasteiger partial charge on any atom is -0.469 e. The second-order valence-corrected chi connectivity index (χ2v) is 6.16. The van der Waals surface area contributed by atoms with E-state index < -0.39 is 5.92 Å². The van der Waals surface area contributed by atoms with Crippen molar-refractivity contribution in [1.82, 2.24) is 4.98 Å². The van der Waals surface area contributed by atoms with Crippen molar-refractivity contribution >= 4 is 50.7 Å². The Balaban J connectivity index is 1.90. The quantitative estimate of drug-likeness (QED) is 0.800. The lowest BCUT2D eigenvalue weighted by atomic mass is 10.1. The van der Waals surface area contributed by atoms with Crippen LogP contribution in [0.4, 0.5) is 5.69 Å². The summed E-state index contributed by atoms with van der Waals surface area (Å²) in [5.74, 6) is -0.814. The van der Waals surface area contributed by atoms with E-state index in [-0.39, 0.29) is 18.3 Å². The number of benzene rings is 1. The molecule has 0 saturated carbocycles. The third kappa shape index (κ3) is 2.25. The van der Waals surface area contributed by atoms with Gasteiger partial charge >= 0.3 is 5.97 Å². The molecule has 0 spiro atoms. The van der Waals surface area contributed by atoms with Crippen LogP contribution in [-0.4, -0.2) is 30.5 Å². The minimum atomic E-state index is -0.395. The molecule has 1 saturated heterocycles. The van der Waals surface area contributed by atoms with E-state index in [1.54, 1.807) is 4.90 Å². The summed E-state index contributed by atoms with van der Waals surface area (Å²) >= 11 is 7.24. The third-order valence-corrected chi connectivity index (χ3v) is 4.44. The van der Waals surface area contributed by atoms with Crippen LogP contribution < -0.4 is 4.90 Å². The fraction of sp³-hybridized carbons (Fsp3) is 0.308. The van der Waals surface area contributed by atoms with Gasteiger partial charge in [0.05, 0.1) is 23.2 Å². The third-order valence-electron chi connectivity index (χ3n) is 3.32. The van der Waals surface area contributed by atoms with Crippen molar-refractivity contribution in [3.8, 4) is 0 Å². The topological polar surface area (TPSA) is 59.5 Å². The number of ether oxygens (including phenoxy) is 1. The van der Waals surface area contributed by atoms with E-state index in [9.17, 15) is 9.59 Å². The van der Waals surface area contributed by atoms with Crippen molar-refractivity contribution < 1.29 is 14.3 Å². The molecule has 5 nitrogen and oxygen atoms in total. The molecule has 1 aliphatic heterocycles. The Morgan fingerprint density at radius 1 is 1.55 bits per heavy atom. The van der Waals surface area contributed by atoms with Crippen molar-refractivity contribution in [1.29, 1.82) is 0 Å². The molecule has 2 heterocycles. The number of nitrogens with zero attached hydrogens (tertiary/aromatic N) is 2. The van der Waals surface area contributed by atoms with Crippen LogP contribution in [0, 0.1) is 5.92 Å². The van der Waals surface area contributed by atoms with E-state index in [0.717, 1.165) is 15.9 Å². The molecule has 1 aromatic heterocycles. The normalized spacial score (nSPS) is 18.8. The number of anilines is 1. The fourth-order valence-electron chi connectivity index (χ4n) is 2.33. The van der Waals surface area contributed by atoms with Gasteiger partial charge in [-0.2, -0.15) is 0 Å². The van der Waals surface area contributed by atoms with Crippen LogP contribution in [-0.2, 0) is 14.3 Å². The molecule has 1 unspecified atom stereocenters. The molecule has 7 heteroatoms. The molecule has 0 aliphatic carbocycles. The molecule has 0 N–H and O–H groups in total. The van der Waals surface area contributed by atoms with E-state index in [1.165, 1.54) is 18.4 Å². The Morgan fingerprint density at radius 2 is 2.35 bits per heavy atom. The average molecular weight is 311 g/mol. The molecular weight excluding hydrogens is 300 g/mol. The maximum atomic E-state index is 12.0. The first-order valence-electron chi connectivity index (χ1n) is 6.03. The molecule has 1 aromatic carbocycles. The number of esters is 1. The summed E-state index contributed by atoms with van der Waals surface area (Å²) in [6.45, 7) is 0.351. The van der Waals surface area contributed by atoms with E-state index in [4.69, 9.17) is 16.3 Å². The monoisotopic (exact) mass is 310 g/mol. The Kier molecular flexibility index (Phi) is 3.35. The highest BCUT2D eigenvalue weighted by Gasteiger charge is 2.35. The molecule has 1 atom stereocenters. The van der Waals surface area contributed by atoms with Gasteiger partial charge in [-0.1, -0.05) is 11.6 Å². The van der Waals surface area contributed by atoms with Crippen molar-refractivity contribution in [2.75, 3.05) is 18.6 Å². The highest BCUT2D eigenvalue weighted by Crippen LogP contribution is 2.32. The van der Waals surface area contributed by atoms with E-state index in [0.29, 0.717) is 11.0 Å². The molecule has 0 radical (unpaired) electrons. The van der Waals surface area contributed by atoms with Crippen molar-refractivity contribution in [3.05, 3.63) is 22.7 Å². The van der Waals surface area contributed by atoms with Crippen molar-refractivity contribution in [2.24, 2.45) is 5.92 Å². The Hall–Kier alpha value is -1.66. The fourth-order valence-corrected chi connectivity index (χ4v) is 3.40. The second kappa shape index (κ2) is 5.03. The predicted molar refractivity (Wildman–Crippen MR) is 77.1 cm³/mol. The summed E-state index contributed by atoms with van der Waals surface area (Å²) in [6.07, 6.45) is 0.189. The van der Waals surface area contributed by atoms with E-state index in [2.05, 4.69) is 4.98 Å². The van der Waals surface area contributed by atoms with Crippen molar-refractivity contribution in [2.45, 2.75) is 6.42 Å². The highest BCUT2D eigenvalue weighted by molar-refractivity contribution is 7.22. The average Bonchev–Trinajstić information content (AvgIpc) is 2.98. The lowest BCUT2D eigenvalue weighted by Gasteiger charge is -2.16. The molecule has 1 amide bonds. The number of thiazole rings is 1. The number of carbonyl (C=O) groups excluding carboxylic acids is 2. The zero-order valence-electron chi connectivity index (χ0n) is 10.6. The van der Waals surface area contributed by atoms with Gasteiger partial charge in [-0.15, -0.1) is 11.3 Å². The molecule has 0 bridgehead atoms. The van der Waals surface area contributed by atoms with Crippen LogP contribution in [0.15, 0.2) is 18.2 Å². The van der Waals surface area contributed by atoms with Gasteiger partial charge in [-0.3, -0.25) is 9.59 Å². The highest BCUT2D eigenvalue weighted by atomic mass is 35.5. The Morgan fingerprint density at radius 3 is 3.10 bits per heavy atom. The summed E-state index contributed by atoms with van der Waals surface area (Å²) < 4.78 is 6.09. The first-order valence-corrected chi connectivity index (χ1v) is 7.22. The van der Waals surface area contributed by atoms with Crippen molar-refractivity contribution in [3.63, 3.8) is 0 Å². The summed E-state index contributed by atoms with van der Waals surface area (Å²) in [6, 6.07) is 5.51. The largest absolute Gasteiger partial charge is 0.469 e. The molecule has 104 valence electrons. The lowest BCUT2D eigenvalue weighted by molar-refractivity contribution is -0.145. The summed E-state index contributed by atoms with van der Waals surface area (Å²) in [7, 11) is 1.33. The maximum Gasteiger partial charge on any atom is 0.311 e. The van der Waals surface area contributed by atoms with Crippen LogP contribution in [0.2, 0.25) is 4.47 Å². The SMILES string of the molecule is COC(=O)C1CC(=O)N(c2ccc3nc(Cl)sc3c2)C1. The molecule has 20 heavy (non-hydrogen) atoms. The minimum absolute atomic E-state index is 0.0737. The lowest BCUT2D eigenvalue weighted by Crippen LogP contribution is -2.26.